The first-order valence-corrected chi connectivity index (χ1v) is 6.18. The minimum absolute atomic E-state index is 0.0123. The summed E-state index contributed by atoms with van der Waals surface area (Å²) in [7, 11) is 0. The topological polar surface area (TPSA) is 57.6 Å². The minimum atomic E-state index is -0.910. The molecule has 1 fully saturated rings. The summed E-state index contributed by atoms with van der Waals surface area (Å²) in [6, 6.07) is 4.35. The van der Waals surface area contributed by atoms with Crippen LogP contribution in [0.15, 0.2) is 18.2 Å². The van der Waals surface area contributed by atoms with E-state index in [0.717, 1.165) is 5.56 Å². The fourth-order valence-corrected chi connectivity index (χ4v) is 2.43. The van der Waals surface area contributed by atoms with Crippen LogP contribution < -0.4 is 0 Å². The molecule has 5 heteroatoms. The molecule has 1 aliphatic rings. The molecule has 2 atom stereocenters. The van der Waals surface area contributed by atoms with Crippen LogP contribution >= 0.6 is 0 Å². The van der Waals surface area contributed by atoms with Crippen LogP contribution in [-0.4, -0.2) is 35.0 Å². The number of carbonyl (C=O) groups excluding carboxylic acids is 1. The maximum atomic E-state index is 13.7. The van der Waals surface area contributed by atoms with Gasteiger partial charge in [0.15, 0.2) is 0 Å². The number of nitrogens with zero attached hydrogens (tertiary/aromatic N) is 1. The van der Waals surface area contributed by atoms with Gasteiger partial charge in [0.25, 0.3) is 5.91 Å². The van der Waals surface area contributed by atoms with Gasteiger partial charge in [-0.1, -0.05) is 18.6 Å². The first-order valence-electron chi connectivity index (χ1n) is 6.18. The maximum absolute atomic E-state index is 13.7. The van der Waals surface area contributed by atoms with Crippen molar-refractivity contribution in [2.45, 2.75) is 13.8 Å². The van der Waals surface area contributed by atoms with Crippen LogP contribution in [0, 0.1) is 24.6 Å². The average molecular weight is 265 g/mol. The largest absolute Gasteiger partial charge is 0.481 e. The van der Waals surface area contributed by atoms with Crippen LogP contribution in [0.5, 0.6) is 0 Å². The maximum Gasteiger partial charge on any atom is 0.308 e. The summed E-state index contributed by atoms with van der Waals surface area (Å²) in [5, 5.41) is 9.04. The van der Waals surface area contributed by atoms with Crippen molar-refractivity contribution >= 4 is 11.9 Å². The molecular formula is C14H16FNO3. The number of halogens is 1. The van der Waals surface area contributed by atoms with Crippen LogP contribution in [-0.2, 0) is 4.79 Å². The number of aliphatic carboxylic acids is 1. The Morgan fingerprint density at radius 3 is 2.63 bits per heavy atom. The van der Waals surface area contributed by atoms with Crippen molar-refractivity contribution in [3.8, 4) is 0 Å². The number of rotatable bonds is 2. The highest BCUT2D eigenvalue weighted by Crippen LogP contribution is 2.25. The Balaban J connectivity index is 2.22. The Kier molecular flexibility index (Phi) is 3.55. The summed E-state index contributed by atoms with van der Waals surface area (Å²) in [6.07, 6.45) is 0. The molecule has 0 aromatic heterocycles. The van der Waals surface area contributed by atoms with E-state index in [1.165, 1.54) is 17.0 Å². The number of likely N-dealkylation sites (tertiary alicyclic amines) is 1. The Bertz CT molecular complexity index is 529. The van der Waals surface area contributed by atoms with E-state index in [0.29, 0.717) is 6.54 Å². The average Bonchev–Trinajstić information content (AvgIpc) is 2.74. The quantitative estimate of drug-likeness (QED) is 0.888. The lowest BCUT2D eigenvalue weighted by Gasteiger charge is -2.16. The van der Waals surface area contributed by atoms with E-state index >= 15 is 0 Å². The minimum Gasteiger partial charge on any atom is -0.481 e. The van der Waals surface area contributed by atoms with Crippen LogP contribution in [0.1, 0.15) is 22.8 Å². The summed E-state index contributed by atoms with van der Waals surface area (Å²) < 4.78 is 13.7. The molecular weight excluding hydrogens is 249 g/mol. The fourth-order valence-electron chi connectivity index (χ4n) is 2.43. The molecule has 0 saturated carbocycles. The highest BCUT2D eigenvalue weighted by Gasteiger charge is 2.37. The Hall–Kier alpha value is -1.91. The number of amides is 1. The highest BCUT2D eigenvalue weighted by atomic mass is 19.1. The van der Waals surface area contributed by atoms with Gasteiger partial charge in [0.2, 0.25) is 0 Å². The van der Waals surface area contributed by atoms with Crippen LogP contribution in [0.25, 0.3) is 0 Å². The van der Waals surface area contributed by atoms with Crippen molar-refractivity contribution in [3.05, 3.63) is 35.1 Å². The molecule has 1 aromatic carbocycles. The molecule has 4 nitrogen and oxygen atoms in total. The molecule has 1 amide bonds. The van der Waals surface area contributed by atoms with E-state index in [2.05, 4.69) is 0 Å². The number of benzene rings is 1. The molecule has 0 radical (unpaired) electrons. The molecule has 1 N–H and O–H groups in total. The van der Waals surface area contributed by atoms with Gasteiger partial charge in [0.05, 0.1) is 11.5 Å². The molecule has 1 aromatic rings. The highest BCUT2D eigenvalue weighted by molar-refractivity contribution is 5.95. The van der Waals surface area contributed by atoms with Crippen molar-refractivity contribution in [2.24, 2.45) is 11.8 Å². The van der Waals surface area contributed by atoms with E-state index in [-0.39, 0.29) is 18.0 Å². The zero-order valence-corrected chi connectivity index (χ0v) is 10.9. The lowest BCUT2D eigenvalue weighted by molar-refractivity contribution is -0.142. The molecule has 1 aliphatic heterocycles. The molecule has 1 heterocycles. The summed E-state index contributed by atoms with van der Waals surface area (Å²) in [5.74, 6) is -2.60. The number of carboxylic acids is 1. The monoisotopic (exact) mass is 265 g/mol. The number of aryl methyl sites for hydroxylation is 1. The molecule has 0 aliphatic carbocycles. The van der Waals surface area contributed by atoms with Crippen LogP contribution in [0.3, 0.4) is 0 Å². The van der Waals surface area contributed by atoms with Crippen molar-refractivity contribution in [2.75, 3.05) is 13.1 Å². The second-order valence-corrected chi connectivity index (χ2v) is 5.12. The van der Waals surface area contributed by atoms with Crippen molar-refractivity contribution < 1.29 is 19.1 Å². The summed E-state index contributed by atoms with van der Waals surface area (Å²) in [4.78, 5) is 24.7. The number of carboxylic acid groups (broad SMARTS) is 1. The summed E-state index contributed by atoms with van der Waals surface area (Å²) in [5.41, 5.74) is 0.810. The molecule has 0 spiro atoms. The zero-order valence-electron chi connectivity index (χ0n) is 10.9. The third-order valence-corrected chi connectivity index (χ3v) is 3.57. The standard InChI is InChI=1S/C14H16FNO3/c1-8-3-4-12(15)10(5-8)13(17)16-6-9(2)11(7-16)14(18)19/h3-5,9,11H,6-7H2,1-2H3,(H,18,19). The second kappa shape index (κ2) is 4.99. The second-order valence-electron chi connectivity index (χ2n) is 5.12. The lowest BCUT2D eigenvalue weighted by Crippen LogP contribution is -2.30. The number of hydrogen-bond acceptors (Lipinski definition) is 2. The smallest absolute Gasteiger partial charge is 0.308 e. The van der Waals surface area contributed by atoms with Crippen molar-refractivity contribution in [1.82, 2.24) is 4.90 Å². The SMILES string of the molecule is Cc1ccc(F)c(C(=O)N2CC(C)C(C(=O)O)C2)c1. The predicted molar refractivity (Wildman–Crippen MR) is 67.3 cm³/mol. The first-order chi connectivity index (χ1) is 8.90. The van der Waals surface area contributed by atoms with Crippen LogP contribution in [0.4, 0.5) is 4.39 Å². The number of carbonyl (C=O) groups is 2. The van der Waals surface area contributed by atoms with Crippen molar-refractivity contribution in [1.29, 1.82) is 0 Å². The Labute approximate surface area is 110 Å². The fraction of sp³-hybridized carbons (Fsp3) is 0.429. The molecule has 19 heavy (non-hydrogen) atoms. The summed E-state index contributed by atoms with van der Waals surface area (Å²) >= 11 is 0. The third kappa shape index (κ3) is 2.59. The molecule has 2 unspecified atom stereocenters. The Morgan fingerprint density at radius 2 is 2.05 bits per heavy atom. The molecule has 102 valence electrons. The predicted octanol–water partition coefficient (Wildman–Crippen LogP) is 1.93. The van der Waals surface area contributed by atoms with E-state index in [1.807, 2.05) is 0 Å². The van der Waals surface area contributed by atoms with Gasteiger partial charge < -0.3 is 10.0 Å². The van der Waals surface area contributed by atoms with E-state index in [1.54, 1.807) is 19.9 Å². The van der Waals surface area contributed by atoms with E-state index in [4.69, 9.17) is 5.11 Å². The van der Waals surface area contributed by atoms with E-state index in [9.17, 15) is 14.0 Å². The first kappa shape index (κ1) is 13.5. The summed E-state index contributed by atoms with van der Waals surface area (Å²) in [6.45, 7) is 4.06. The molecule has 1 saturated heterocycles. The lowest BCUT2D eigenvalue weighted by atomic mass is 9.99. The van der Waals surface area contributed by atoms with E-state index < -0.39 is 23.6 Å². The van der Waals surface area contributed by atoms with Crippen LogP contribution in [0.2, 0.25) is 0 Å². The number of hydrogen-bond donors (Lipinski definition) is 1. The van der Waals surface area contributed by atoms with Gasteiger partial charge in [-0.25, -0.2) is 4.39 Å². The normalized spacial score (nSPS) is 22.6. The van der Waals surface area contributed by atoms with Gasteiger partial charge in [-0.05, 0) is 25.0 Å². The van der Waals surface area contributed by atoms with Gasteiger partial charge in [-0.15, -0.1) is 0 Å². The van der Waals surface area contributed by atoms with Gasteiger partial charge >= 0.3 is 5.97 Å². The Morgan fingerprint density at radius 1 is 1.37 bits per heavy atom. The van der Waals surface area contributed by atoms with Gasteiger partial charge in [-0.3, -0.25) is 9.59 Å². The zero-order chi connectivity index (χ0) is 14.2. The van der Waals surface area contributed by atoms with Crippen molar-refractivity contribution in [3.63, 3.8) is 0 Å². The molecule has 2 rings (SSSR count). The molecule has 0 bridgehead atoms. The van der Waals surface area contributed by atoms with Gasteiger partial charge in [0.1, 0.15) is 5.82 Å². The van der Waals surface area contributed by atoms with Gasteiger partial charge in [0, 0.05) is 13.1 Å². The van der Waals surface area contributed by atoms with Gasteiger partial charge in [-0.2, -0.15) is 0 Å². The third-order valence-electron chi connectivity index (χ3n) is 3.57.